The first kappa shape index (κ1) is 8.47. The van der Waals surface area contributed by atoms with Gasteiger partial charge in [-0.2, -0.15) is 0 Å². The normalized spacial score (nSPS) is 11.5. The predicted molar refractivity (Wildman–Crippen MR) is 43.5 cm³/mol. The number of nitro groups is 1. The van der Waals surface area contributed by atoms with Crippen LogP contribution in [0.4, 0.5) is 5.69 Å². The molecule has 64 valence electrons. The van der Waals surface area contributed by atoms with Gasteiger partial charge in [-0.25, -0.2) is 0 Å². The van der Waals surface area contributed by atoms with Crippen molar-refractivity contribution < 1.29 is 10.1 Å². The van der Waals surface area contributed by atoms with Crippen LogP contribution in [-0.2, 0) is 0 Å². The topological polar surface area (TPSA) is 102 Å². The summed E-state index contributed by atoms with van der Waals surface area (Å²) in [5, 5.41) is 22.5. The molecule has 0 aliphatic carbocycles. The van der Waals surface area contributed by atoms with Gasteiger partial charge in [-0.05, 0) is 0 Å². The van der Waals surface area contributed by atoms with Crippen LogP contribution in [0.15, 0.2) is 16.6 Å². The van der Waals surface area contributed by atoms with E-state index in [1.807, 2.05) is 0 Å². The fourth-order valence-corrected chi connectivity index (χ4v) is 1.36. The third-order valence-corrected chi connectivity index (χ3v) is 2.10. The van der Waals surface area contributed by atoms with E-state index in [9.17, 15) is 10.1 Å². The van der Waals surface area contributed by atoms with Crippen molar-refractivity contribution in [1.29, 1.82) is 0 Å². The second-order valence-electron chi connectivity index (χ2n) is 1.91. The monoisotopic (exact) mass is 187 g/mol. The molecule has 6 nitrogen and oxygen atoms in total. The van der Waals surface area contributed by atoms with Crippen LogP contribution in [0.3, 0.4) is 0 Å². The van der Waals surface area contributed by atoms with Crippen molar-refractivity contribution in [1.82, 2.24) is 0 Å². The van der Waals surface area contributed by atoms with Crippen LogP contribution in [0.25, 0.3) is 0 Å². The van der Waals surface area contributed by atoms with Gasteiger partial charge >= 0.3 is 0 Å². The Kier molecular flexibility index (Phi) is 2.24. The molecule has 0 radical (unpaired) electrons. The number of hydrogen-bond donors (Lipinski definition) is 2. The lowest BCUT2D eigenvalue weighted by atomic mass is 10.4. The number of nitrogens with two attached hydrogens (primary N) is 1. The van der Waals surface area contributed by atoms with E-state index in [1.54, 1.807) is 0 Å². The van der Waals surface area contributed by atoms with Crippen LogP contribution in [-0.4, -0.2) is 16.0 Å². The van der Waals surface area contributed by atoms with Crippen molar-refractivity contribution >= 4 is 22.9 Å². The zero-order valence-electron chi connectivity index (χ0n) is 5.80. The van der Waals surface area contributed by atoms with E-state index in [2.05, 4.69) is 5.16 Å². The molecule has 0 saturated carbocycles. The Morgan fingerprint density at radius 1 is 1.83 bits per heavy atom. The molecule has 1 aromatic rings. The van der Waals surface area contributed by atoms with Crippen molar-refractivity contribution in [3.63, 3.8) is 0 Å². The van der Waals surface area contributed by atoms with Gasteiger partial charge in [0.05, 0.1) is 15.2 Å². The van der Waals surface area contributed by atoms with Crippen molar-refractivity contribution in [3.8, 4) is 0 Å². The summed E-state index contributed by atoms with van der Waals surface area (Å²) in [6, 6.07) is 1.25. The smallest absolute Gasteiger partial charge is 0.280 e. The Hall–Kier alpha value is -1.63. The standard InChI is InChI=1S/C5H5N3O3S/c6-5(7-9)4-1-3(2-12-4)8(10)11/h1-2,9H,(H2,6,7). The minimum Gasteiger partial charge on any atom is -0.409 e. The average Bonchev–Trinajstić information content (AvgIpc) is 2.51. The highest BCUT2D eigenvalue weighted by molar-refractivity contribution is 7.12. The molecule has 0 atom stereocenters. The number of thiophene rings is 1. The quantitative estimate of drug-likeness (QED) is 0.234. The summed E-state index contributed by atoms with van der Waals surface area (Å²) in [7, 11) is 0. The van der Waals surface area contributed by atoms with Crippen LogP contribution in [0.5, 0.6) is 0 Å². The van der Waals surface area contributed by atoms with Crippen LogP contribution in [0, 0.1) is 10.1 Å². The molecule has 1 rings (SSSR count). The van der Waals surface area contributed by atoms with Crippen LogP contribution < -0.4 is 5.73 Å². The molecule has 0 spiro atoms. The van der Waals surface area contributed by atoms with Gasteiger partial charge in [0.1, 0.15) is 0 Å². The lowest BCUT2D eigenvalue weighted by molar-refractivity contribution is -0.384. The first-order chi connectivity index (χ1) is 5.65. The molecule has 3 N–H and O–H groups in total. The fraction of sp³-hybridized carbons (Fsp3) is 0. The highest BCUT2D eigenvalue weighted by Gasteiger charge is 2.11. The van der Waals surface area contributed by atoms with Crippen LogP contribution >= 0.6 is 11.3 Å². The first-order valence-electron chi connectivity index (χ1n) is 2.86. The molecule has 0 unspecified atom stereocenters. The first-order valence-corrected chi connectivity index (χ1v) is 3.74. The van der Waals surface area contributed by atoms with Gasteiger partial charge in [0.2, 0.25) is 0 Å². The molecule has 1 heterocycles. The molecule has 0 aliphatic rings. The maximum atomic E-state index is 10.2. The Morgan fingerprint density at radius 2 is 2.50 bits per heavy atom. The van der Waals surface area contributed by atoms with Gasteiger partial charge in [0.15, 0.2) is 5.84 Å². The van der Waals surface area contributed by atoms with Crippen molar-refractivity contribution in [3.05, 3.63) is 26.4 Å². The van der Waals surface area contributed by atoms with Crippen LogP contribution in [0.1, 0.15) is 4.88 Å². The predicted octanol–water partition coefficient (Wildman–Crippen LogP) is 0.751. The summed E-state index contributed by atoms with van der Waals surface area (Å²) in [4.78, 5) is 10.0. The molecule has 0 saturated heterocycles. The van der Waals surface area contributed by atoms with Gasteiger partial charge < -0.3 is 10.9 Å². The molecule has 7 heteroatoms. The average molecular weight is 187 g/mol. The van der Waals surface area contributed by atoms with E-state index >= 15 is 0 Å². The number of amidine groups is 1. The molecule has 0 aromatic carbocycles. The number of hydrogen-bond acceptors (Lipinski definition) is 5. The molecule has 0 amide bonds. The van der Waals surface area contributed by atoms with Gasteiger partial charge in [-0.1, -0.05) is 5.16 Å². The summed E-state index contributed by atoms with van der Waals surface area (Å²) in [6.45, 7) is 0. The maximum absolute atomic E-state index is 10.2. The molecule has 1 aromatic heterocycles. The molecular weight excluding hydrogens is 182 g/mol. The zero-order chi connectivity index (χ0) is 9.14. The summed E-state index contributed by atoms with van der Waals surface area (Å²) >= 11 is 1.05. The number of rotatable bonds is 2. The summed E-state index contributed by atoms with van der Waals surface area (Å²) in [5.41, 5.74) is 5.14. The van der Waals surface area contributed by atoms with Crippen molar-refractivity contribution in [2.45, 2.75) is 0 Å². The molecule has 12 heavy (non-hydrogen) atoms. The number of nitrogens with zero attached hydrogens (tertiary/aromatic N) is 2. The van der Waals surface area contributed by atoms with E-state index in [0.29, 0.717) is 4.88 Å². The largest absolute Gasteiger partial charge is 0.409 e. The Bertz CT molecular complexity index is 332. The van der Waals surface area contributed by atoms with Gasteiger partial charge in [-0.3, -0.25) is 10.1 Å². The van der Waals surface area contributed by atoms with Gasteiger partial charge in [0.25, 0.3) is 5.69 Å². The third kappa shape index (κ3) is 1.51. The lowest BCUT2D eigenvalue weighted by Gasteiger charge is -1.87. The lowest BCUT2D eigenvalue weighted by Crippen LogP contribution is -2.10. The fourth-order valence-electron chi connectivity index (χ4n) is 0.606. The summed E-state index contributed by atoms with van der Waals surface area (Å²) in [5.74, 6) is -0.117. The van der Waals surface area contributed by atoms with Crippen molar-refractivity contribution in [2.24, 2.45) is 10.9 Å². The Balaban J connectivity index is 2.99. The van der Waals surface area contributed by atoms with E-state index in [0.717, 1.165) is 11.3 Å². The molecule has 0 fully saturated rings. The van der Waals surface area contributed by atoms with E-state index in [4.69, 9.17) is 10.9 Å². The highest BCUT2D eigenvalue weighted by atomic mass is 32.1. The van der Waals surface area contributed by atoms with E-state index < -0.39 is 4.92 Å². The van der Waals surface area contributed by atoms with Crippen molar-refractivity contribution in [2.75, 3.05) is 0 Å². The molecular formula is C5H5N3O3S. The minimum atomic E-state index is -0.537. The third-order valence-electron chi connectivity index (χ3n) is 1.16. The SMILES string of the molecule is N/C(=N\O)c1cc([N+](=O)[O-])cs1. The second kappa shape index (κ2) is 3.18. The second-order valence-corrected chi connectivity index (χ2v) is 2.82. The van der Waals surface area contributed by atoms with E-state index in [-0.39, 0.29) is 11.5 Å². The summed E-state index contributed by atoms with van der Waals surface area (Å²) in [6.07, 6.45) is 0. The van der Waals surface area contributed by atoms with Gasteiger partial charge in [0, 0.05) is 6.07 Å². The highest BCUT2D eigenvalue weighted by Crippen LogP contribution is 2.20. The van der Waals surface area contributed by atoms with Gasteiger partial charge in [-0.15, -0.1) is 11.3 Å². The number of oxime groups is 1. The summed E-state index contributed by atoms with van der Waals surface area (Å²) < 4.78 is 0. The maximum Gasteiger partial charge on any atom is 0.280 e. The minimum absolute atomic E-state index is 0.0541. The zero-order valence-corrected chi connectivity index (χ0v) is 6.61. The van der Waals surface area contributed by atoms with E-state index in [1.165, 1.54) is 11.4 Å². The molecule has 0 bridgehead atoms. The molecule has 0 aliphatic heterocycles. The Labute approximate surface area is 71.1 Å². The van der Waals surface area contributed by atoms with Crippen LogP contribution in [0.2, 0.25) is 0 Å². The Morgan fingerprint density at radius 3 is 2.92 bits per heavy atom.